The molecule has 152 valence electrons. The van der Waals surface area contributed by atoms with E-state index in [2.05, 4.69) is 11.8 Å². The highest BCUT2D eigenvalue weighted by molar-refractivity contribution is 5.79. The van der Waals surface area contributed by atoms with Crippen molar-refractivity contribution < 1.29 is 14.4 Å². The lowest BCUT2D eigenvalue weighted by Crippen LogP contribution is -2.42. The number of nitrogens with zero attached hydrogens (tertiary/aromatic N) is 3. The van der Waals surface area contributed by atoms with Gasteiger partial charge in [0.25, 0.3) is 0 Å². The molecule has 3 aliphatic rings. The third-order valence-electron chi connectivity index (χ3n) is 6.54. The zero-order valence-corrected chi connectivity index (χ0v) is 16.8. The van der Waals surface area contributed by atoms with Crippen LogP contribution < -0.4 is 0 Å². The van der Waals surface area contributed by atoms with Crippen molar-refractivity contribution in [3.63, 3.8) is 0 Å². The Balaban J connectivity index is 1.48. The van der Waals surface area contributed by atoms with Gasteiger partial charge in [-0.1, -0.05) is 6.92 Å². The number of likely N-dealkylation sites (tertiary alicyclic amines) is 3. The standard InChI is InChI=1S/C21H35N3O3/c1-17(11-16-23-14-5-9-20(23)26)18(24-15-6-10-21(24)27)7-2-3-12-22-13-4-8-19(22)25/h17-18H,2-16H2,1H3. The Kier molecular flexibility index (Phi) is 7.13. The van der Waals surface area contributed by atoms with Crippen LogP contribution in [0.15, 0.2) is 0 Å². The van der Waals surface area contributed by atoms with Crippen molar-refractivity contribution in [2.24, 2.45) is 5.92 Å². The maximum Gasteiger partial charge on any atom is 0.222 e. The van der Waals surface area contributed by atoms with Crippen LogP contribution in [0.5, 0.6) is 0 Å². The molecule has 6 nitrogen and oxygen atoms in total. The number of unbranched alkanes of at least 4 members (excludes halogenated alkanes) is 1. The monoisotopic (exact) mass is 377 g/mol. The summed E-state index contributed by atoms with van der Waals surface area (Å²) in [6.45, 7) is 6.59. The topological polar surface area (TPSA) is 60.9 Å². The molecule has 3 aliphatic heterocycles. The van der Waals surface area contributed by atoms with E-state index in [0.717, 1.165) is 77.7 Å². The van der Waals surface area contributed by atoms with E-state index >= 15 is 0 Å². The highest BCUT2D eigenvalue weighted by atomic mass is 16.2. The fraction of sp³-hybridized carbons (Fsp3) is 0.857. The molecule has 27 heavy (non-hydrogen) atoms. The summed E-state index contributed by atoms with van der Waals surface area (Å²) >= 11 is 0. The van der Waals surface area contributed by atoms with Crippen molar-refractivity contribution in [1.82, 2.24) is 14.7 Å². The van der Waals surface area contributed by atoms with Crippen LogP contribution in [-0.4, -0.2) is 71.2 Å². The lowest BCUT2D eigenvalue weighted by molar-refractivity contribution is -0.131. The van der Waals surface area contributed by atoms with Crippen LogP contribution in [0.4, 0.5) is 0 Å². The van der Waals surface area contributed by atoms with E-state index in [1.807, 2.05) is 9.80 Å². The molecule has 3 rings (SSSR count). The Bertz CT molecular complexity index is 551. The summed E-state index contributed by atoms with van der Waals surface area (Å²) < 4.78 is 0. The number of amides is 3. The highest BCUT2D eigenvalue weighted by Gasteiger charge is 2.32. The molecule has 2 atom stereocenters. The number of carbonyl (C=O) groups excluding carboxylic acids is 3. The predicted molar refractivity (Wildman–Crippen MR) is 104 cm³/mol. The number of hydrogen-bond acceptors (Lipinski definition) is 3. The van der Waals surface area contributed by atoms with Crippen LogP contribution in [0.1, 0.15) is 71.1 Å². The van der Waals surface area contributed by atoms with Crippen LogP contribution in [0, 0.1) is 5.92 Å². The molecular formula is C21H35N3O3. The molecule has 3 saturated heterocycles. The SMILES string of the molecule is CC(CCN1CCCC1=O)C(CCCCN1CCCC1=O)N1CCCC1=O. The first-order valence-electron chi connectivity index (χ1n) is 10.9. The molecule has 0 aromatic carbocycles. The largest absolute Gasteiger partial charge is 0.343 e. The van der Waals surface area contributed by atoms with E-state index in [4.69, 9.17) is 0 Å². The van der Waals surface area contributed by atoms with Gasteiger partial charge in [-0.3, -0.25) is 14.4 Å². The average molecular weight is 378 g/mol. The molecule has 0 saturated carbocycles. The highest BCUT2D eigenvalue weighted by Crippen LogP contribution is 2.26. The quantitative estimate of drug-likeness (QED) is 0.549. The molecule has 3 heterocycles. The van der Waals surface area contributed by atoms with E-state index in [1.54, 1.807) is 0 Å². The molecule has 6 heteroatoms. The second-order valence-corrected chi connectivity index (χ2v) is 8.49. The lowest BCUT2D eigenvalue weighted by Gasteiger charge is -2.34. The van der Waals surface area contributed by atoms with Gasteiger partial charge in [-0.2, -0.15) is 0 Å². The first kappa shape index (κ1) is 20.2. The number of hydrogen-bond donors (Lipinski definition) is 0. The maximum atomic E-state index is 12.3. The van der Waals surface area contributed by atoms with Gasteiger partial charge in [-0.25, -0.2) is 0 Å². The first-order chi connectivity index (χ1) is 13.1. The van der Waals surface area contributed by atoms with Crippen molar-refractivity contribution in [2.75, 3.05) is 32.7 Å². The minimum Gasteiger partial charge on any atom is -0.343 e. The maximum absolute atomic E-state index is 12.3. The van der Waals surface area contributed by atoms with E-state index in [0.29, 0.717) is 37.0 Å². The van der Waals surface area contributed by atoms with Gasteiger partial charge in [0.1, 0.15) is 0 Å². The van der Waals surface area contributed by atoms with Gasteiger partial charge in [0, 0.05) is 58.0 Å². The minimum atomic E-state index is 0.270. The summed E-state index contributed by atoms with van der Waals surface area (Å²) in [6.07, 6.45) is 9.05. The normalized spacial score (nSPS) is 23.0. The smallest absolute Gasteiger partial charge is 0.222 e. The van der Waals surface area contributed by atoms with E-state index in [9.17, 15) is 14.4 Å². The molecule has 0 aromatic heterocycles. The van der Waals surface area contributed by atoms with E-state index in [-0.39, 0.29) is 11.9 Å². The minimum absolute atomic E-state index is 0.270. The second-order valence-electron chi connectivity index (χ2n) is 8.49. The van der Waals surface area contributed by atoms with Gasteiger partial charge >= 0.3 is 0 Å². The van der Waals surface area contributed by atoms with Gasteiger partial charge in [-0.05, 0) is 50.9 Å². The van der Waals surface area contributed by atoms with Gasteiger partial charge in [0.15, 0.2) is 0 Å². The zero-order valence-electron chi connectivity index (χ0n) is 16.8. The Morgan fingerprint density at radius 2 is 1.33 bits per heavy atom. The van der Waals surface area contributed by atoms with Gasteiger partial charge in [0.2, 0.25) is 17.7 Å². The Hall–Kier alpha value is -1.59. The average Bonchev–Trinajstić information content (AvgIpc) is 3.36. The molecule has 0 N–H and O–H groups in total. The number of rotatable bonds is 10. The molecule has 3 amide bonds. The van der Waals surface area contributed by atoms with Crippen molar-refractivity contribution in [1.29, 1.82) is 0 Å². The van der Waals surface area contributed by atoms with Gasteiger partial charge < -0.3 is 14.7 Å². The van der Waals surface area contributed by atoms with Gasteiger partial charge in [-0.15, -0.1) is 0 Å². The summed E-state index contributed by atoms with van der Waals surface area (Å²) in [5.74, 6) is 1.27. The summed E-state index contributed by atoms with van der Waals surface area (Å²) in [4.78, 5) is 42.0. The Morgan fingerprint density at radius 3 is 1.89 bits per heavy atom. The predicted octanol–water partition coefficient (Wildman–Crippen LogP) is 2.42. The molecule has 3 fully saturated rings. The summed E-state index contributed by atoms with van der Waals surface area (Å²) in [7, 11) is 0. The first-order valence-corrected chi connectivity index (χ1v) is 10.9. The van der Waals surface area contributed by atoms with Crippen molar-refractivity contribution in [3.8, 4) is 0 Å². The fourth-order valence-electron chi connectivity index (χ4n) is 4.86. The van der Waals surface area contributed by atoms with Gasteiger partial charge in [0.05, 0.1) is 0 Å². The van der Waals surface area contributed by atoms with Crippen molar-refractivity contribution in [2.45, 2.75) is 77.2 Å². The number of carbonyl (C=O) groups is 3. The molecule has 2 unspecified atom stereocenters. The van der Waals surface area contributed by atoms with Crippen LogP contribution in [0.2, 0.25) is 0 Å². The third kappa shape index (κ3) is 5.23. The molecule has 0 spiro atoms. The van der Waals surface area contributed by atoms with Crippen molar-refractivity contribution >= 4 is 17.7 Å². The molecule has 0 radical (unpaired) electrons. The van der Waals surface area contributed by atoms with Crippen LogP contribution in [0.3, 0.4) is 0 Å². The summed E-state index contributed by atoms with van der Waals surface area (Å²) in [6, 6.07) is 0.270. The molecular weight excluding hydrogens is 342 g/mol. The Labute approximate surface area is 163 Å². The summed E-state index contributed by atoms with van der Waals surface area (Å²) in [5.41, 5.74) is 0. The van der Waals surface area contributed by atoms with Crippen LogP contribution >= 0.6 is 0 Å². The zero-order chi connectivity index (χ0) is 19.2. The van der Waals surface area contributed by atoms with E-state index in [1.165, 1.54) is 0 Å². The molecule has 0 aromatic rings. The molecule has 0 bridgehead atoms. The summed E-state index contributed by atoms with van der Waals surface area (Å²) in [5, 5.41) is 0. The lowest BCUT2D eigenvalue weighted by atomic mass is 9.92. The Morgan fingerprint density at radius 1 is 0.741 bits per heavy atom. The van der Waals surface area contributed by atoms with Crippen LogP contribution in [0.25, 0.3) is 0 Å². The fourth-order valence-corrected chi connectivity index (χ4v) is 4.86. The van der Waals surface area contributed by atoms with E-state index < -0.39 is 0 Å². The van der Waals surface area contributed by atoms with Crippen molar-refractivity contribution in [3.05, 3.63) is 0 Å². The van der Waals surface area contributed by atoms with Crippen LogP contribution in [-0.2, 0) is 14.4 Å². The molecule has 0 aliphatic carbocycles. The second kappa shape index (κ2) is 9.56. The third-order valence-corrected chi connectivity index (χ3v) is 6.54.